The van der Waals surface area contributed by atoms with Gasteiger partial charge in [-0.05, 0) is 50.2 Å². The highest BCUT2D eigenvalue weighted by Gasteiger charge is 2.09. The van der Waals surface area contributed by atoms with E-state index in [0.29, 0.717) is 33.8 Å². The fourth-order valence-electron chi connectivity index (χ4n) is 2.80. The van der Waals surface area contributed by atoms with E-state index < -0.39 is 0 Å². The van der Waals surface area contributed by atoms with Crippen molar-refractivity contribution >= 4 is 51.1 Å². The average molecular weight is 436 g/mol. The van der Waals surface area contributed by atoms with Crippen molar-refractivity contribution in [2.45, 2.75) is 20.8 Å². The Morgan fingerprint density at radius 2 is 1.71 bits per heavy atom. The van der Waals surface area contributed by atoms with E-state index in [-0.39, 0.29) is 11.9 Å². The summed E-state index contributed by atoms with van der Waals surface area (Å²) in [5.41, 5.74) is 2.98. The average Bonchev–Trinajstić information content (AvgIpc) is 3.24. The molecule has 0 saturated carbocycles. The molecule has 158 valence electrons. The van der Waals surface area contributed by atoms with Crippen LogP contribution in [0, 0.1) is 13.8 Å². The zero-order valence-electron chi connectivity index (χ0n) is 17.1. The van der Waals surface area contributed by atoms with Gasteiger partial charge in [0.15, 0.2) is 5.13 Å². The van der Waals surface area contributed by atoms with Gasteiger partial charge in [0, 0.05) is 23.6 Å². The quantitative estimate of drug-likeness (QED) is 0.350. The first-order valence-electron chi connectivity index (χ1n) is 9.43. The minimum absolute atomic E-state index is 0.199. The van der Waals surface area contributed by atoms with E-state index >= 15 is 0 Å². The molecule has 0 saturated heterocycles. The summed E-state index contributed by atoms with van der Waals surface area (Å²) in [5.74, 6) is 1.39. The Labute approximate surface area is 181 Å². The van der Waals surface area contributed by atoms with Gasteiger partial charge in [-0.3, -0.25) is 15.4 Å². The molecular weight excluding hydrogens is 416 g/mol. The second-order valence-corrected chi connectivity index (χ2v) is 8.01. The number of thiazole rings is 1. The van der Waals surface area contributed by atoms with Gasteiger partial charge in [-0.2, -0.15) is 0 Å². The van der Waals surface area contributed by atoms with E-state index in [1.165, 1.54) is 18.3 Å². The number of carbonyl (C=O) groups is 2. The summed E-state index contributed by atoms with van der Waals surface area (Å²) in [6, 6.07) is 12.0. The van der Waals surface area contributed by atoms with E-state index in [4.69, 9.17) is 4.74 Å². The van der Waals surface area contributed by atoms with Crippen molar-refractivity contribution in [3.63, 3.8) is 0 Å². The van der Waals surface area contributed by atoms with E-state index in [9.17, 15) is 9.59 Å². The summed E-state index contributed by atoms with van der Waals surface area (Å²) < 4.78 is 5.87. The Balaban J connectivity index is 1.38. The lowest BCUT2D eigenvalue weighted by molar-refractivity contribution is -0.114. The lowest BCUT2D eigenvalue weighted by atomic mass is 10.3. The normalized spacial score (nSPS) is 10.7. The van der Waals surface area contributed by atoms with Gasteiger partial charge in [-0.1, -0.05) is 0 Å². The molecule has 10 heteroatoms. The molecule has 9 nitrogen and oxygen atoms in total. The predicted molar refractivity (Wildman–Crippen MR) is 121 cm³/mol. The van der Waals surface area contributed by atoms with Crippen molar-refractivity contribution in [3.05, 3.63) is 53.0 Å². The molecule has 0 aliphatic rings. The molecule has 3 amide bonds. The van der Waals surface area contributed by atoms with Crippen LogP contribution in [-0.4, -0.2) is 26.9 Å². The SMILES string of the molecule is CC(=O)Nc1nc2cc(Oc3ccc(NC(=O)Nc4nc(C)c(C)s4)cc3)ccc2[nH]1. The standard InChI is InChI=1S/C21H20N6O3S/c1-11-12(2)31-21(22-11)27-20(29)24-14-4-6-15(7-5-14)30-16-8-9-17-18(10-16)26-19(25-17)23-13(3)28/h4-10H,1-3H3,(H2,22,24,27,29)(H2,23,25,26,28). The number of rotatable bonds is 5. The summed E-state index contributed by atoms with van der Waals surface area (Å²) in [4.78, 5) is 36.0. The molecule has 4 rings (SSSR count). The largest absolute Gasteiger partial charge is 0.457 e. The van der Waals surface area contributed by atoms with Gasteiger partial charge in [0.25, 0.3) is 0 Å². The molecule has 0 aliphatic carbocycles. The minimum atomic E-state index is -0.360. The minimum Gasteiger partial charge on any atom is -0.457 e. The summed E-state index contributed by atoms with van der Waals surface area (Å²) in [6.45, 7) is 5.28. The van der Waals surface area contributed by atoms with Crippen LogP contribution in [0.4, 0.5) is 21.6 Å². The number of H-pyrrole nitrogens is 1. The fourth-order valence-corrected chi connectivity index (χ4v) is 3.61. The molecule has 4 N–H and O–H groups in total. The number of ether oxygens (including phenoxy) is 1. The number of aryl methyl sites for hydroxylation is 2. The van der Waals surface area contributed by atoms with Crippen LogP contribution in [0.1, 0.15) is 17.5 Å². The van der Waals surface area contributed by atoms with Crippen molar-refractivity contribution in [1.29, 1.82) is 0 Å². The molecule has 0 aliphatic heterocycles. The number of benzene rings is 2. The monoisotopic (exact) mass is 436 g/mol. The molecule has 0 bridgehead atoms. The molecule has 2 aromatic carbocycles. The van der Waals surface area contributed by atoms with Crippen LogP contribution in [0.3, 0.4) is 0 Å². The van der Waals surface area contributed by atoms with Crippen LogP contribution in [-0.2, 0) is 4.79 Å². The molecule has 0 radical (unpaired) electrons. The number of nitrogens with zero attached hydrogens (tertiary/aromatic N) is 2. The topological polar surface area (TPSA) is 121 Å². The lowest BCUT2D eigenvalue weighted by Gasteiger charge is -2.08. The third kappa shape index (κ3) is 4.98. The van der Waals surface area contributed by atoms with Gasteiger partial charge >= 0.3 is 6.03 Å². The summed E-state index contributed by atoms with van der Waals surface area (Å²) in [5, 5.41) is 8.67. The number of hydrogen-bond acceptors (Lipinski definition) is 6. The maximum atomic E-state index is 12.1. The number of aromatic nitrogens is 3. The van der Waals surface area contributed by atoms with Crippen molar-refractivity contribution in [2.24, 2.45) is 0 Å². The molecule has 2 heterocycles. The van der Waals surface area contributed by atoms with E-state index in [1.54, 1.807) is 36.4 Å². The van der Waals surface area contributed by atoms with Crippen molar-refractivity contribution < 1.29 is 14.3 Å². The van der Waals surface area contributed by atoms with Gasteiger partial charge in [0.2, 0.25) is 11.9 Å². The zero-order chi connectivity index (χ0) is 22.0. The number of anilines is 3. The second kappa shape index (κ2) is 8.44. The number of urea groups is 1. The van der Waals surface area contributed by atoms with Crippen LogP contribution in [0.15, 0.2) is 42.5 Å². The predicted octanol–water partition coefficient (Wildman–Crippen LogP) is 5.03. The number of carbonyl (C=O) groups excluding carboxylic acids is 2. The van der Waals surface area contributed by atoms with Crippen LogP contribution in [0.25, 0.3) is 11.0 Å². The molecular formula is C21H20N6O3S. The molecule has 4 aromatic rings. The highest BCUT2D eigenvalue weighted by atomic mass is 32.1. The van der Waals surface area contributed by atoms with Crippen molar-refractivity contribution in [2.75, 3.05) is 16.0 Å². The first kappa shape index (κ1) is 20.4. The fraction of sp³-hybridized carbons (Fsp3) is 0.143. The maximum absolute atomic E-state index is 12.1. The van der Waals surface area contributed by atoms with Crippen LogP contribution < -0.4 is 20.7 Å². The molecule has 31 heavy (non-hydrogen) atoms. The van der Waals surface area contributed by atoms with Gasteiger partial charge in [-0.15, -0.1) is 11.3 Å². The van der Waals surface area contributed by atoms with Crippen LogP contribution in [0.2, 0.25) is 0 Å². The number of amides is 3. The molecule has 0 spiro atoms. The molecule has 2 aromatic heterocycles. The highest BCUT2D eigenvalue weighted by Crippen LogP contribution is 2.27. The van der Waals surface area contributed by atoms with Crippen molar-refractivity contribution in [1.82, 2.24) is 15.0 Å². The Morgan fingerprint density at radius 3 is 2.39 bits per heavy atom. The molecule has 0 fully saturated rings. The molecule has 0 unspecified atom stereocenters. The van der Waals surface area contributed by atoms with Gasteiger partial charge < -0.3 is 15.0 Å². The first-order valence-corrected chi connectivity index (χ1v) is 10.2. The van der Waals surface area contributed by atoms with Crippen LogP contribution >= 0.6 is 11.3 Å². The zero-order valence-corrected chi connectivity index (χ0v) is 17.9. The summed E-state index contributed by atoms with van der Waals surface area (Å²) in [7, 11) is 0. The number of fused-ring (bicyclic) bond motifs is 1. The third-order valence-electron chi connectivity index (χ3n) is 4.35. The van der Waals surface area contributed by atoms with Crippen molar-refractivity contribution in [3.8, 4) is 11.5 Å². The van der Waals surface area contributed by atoms with Gasteiger partial charge in [0.1, 0.15) is 11.5 Å². The Kier molecular flexibility index (Phi) is 5.54. The van der Waals surface area contributed by atoms with E-state index in [2.05, 4.69) is 30.9 Å². The number of nitrogens with one attached hydrogen (secondary N) is 4. The second-order valence-electron chi connectivity index (χ2n) is 6.81. The van der Waals surface area contributed by atoms with E-state index in [0.717, 1.165) is 16.1 Å². The highest BCUT2D eigenvalue weighted by molar-refractivity contribution is 7.15. The number of imidazole rings is 1. The number of aromatic amines is 1. The lowest BCUT2D eigenvalue weighted by Crippen LogP contribution is -2.19. The first-order chi connectivity index (χ1) is 14.9. The third-order valence-corrected chi connectivity index (χ3v) is 5.33. The number of hydrogen-bond donors (Lipinski definition) is 4. The summed E-state index contributed by atoms with van der Waals surface area (Å²) >= 11 is 1.43. The van der Waals surface area contributed by atoms with E-state index in [1.807, 2.05) is 19.9 Å². The Hall–Kier alpha value is -3.92. The maximum Gasteiger partial charge on any atom is 0.325 e. The smallest absolute Gasteiger partial charge is 0.325 e. The van der Waals surface area contributed by atoms with Gasteiger partial charge in [0.05, 0.1) is 16.7 Å². The van der Waals surface area contributed by atoms with Crippen LogP contribution in [0.5, 0.6) is 11.5 Å². The molecule has 0 atom stereocenters. The van der Waals surface area contributed by atoms with Gasteiger partial charge in [-0.25, -0.2) is 14.8 Å². The Bertz CT molecular complexity index is 1240. The Morgan fingerprint density at radius 1 is 0.968 bits per heavy atom. The summed E-state index contributed by atoms with van der Waals surface area (Å²) in [6.07, 6.45) is 0.